The van der Waals surface area contributed by atoms with Gasteiger partial charge in [0.1, 0.15) is 16.7 Å². The number of hydrogen-bond donors (Lipinski definition) is 0. The number of carbonyl (C=O) groups excluding carboxylic acids is 1. The summed E-state index contributed by atoms with van der Waals surface area (Å²) < 4.78 is 37.7. The molecule has 0 radical (unpaired) electrons. The van der Waals surface area contributed by atoms with Crippen LogP contribution in [0.5, 0.6) is 5.75 Å². The van der Waals surface area contributed by atoms with Crippen molar-refractivity contribution in [3.8, 4) is 5.75 Å². The lowest BCUT2D eigenvalue weighted by Crippen LogP contribution is -2.31. The van der Waals surface area contributed by atoms with Gasteiger partial charge in [-0.2, -0.15) is 4.31 Å². The molecule has 1 aliphatic rings. The van der Waals surface area contributed by atoms with E-state index in [1.54, 1.807) is 19.9 Å². The van der Waals surface area contributed by atoms with E-state index in [1.807, 2.05) is 0 Å². The van der Waals surface area contributed by atoms with E-state index in [-0.39, 0.29) is 22.3 Å². The Morgan fingerprint density at radius 1 is 1.16 bits per heavy atom. The van der Waals surface area contributed by atoms with Crippen LogP contribution in [-0.2, 0) is 14.8 Å². The number of ether oxygens (including phenoxy) is 2. The second-order valence-electron chi connectivity index (χ2n) is 6.12. The molecule has 0 amide bonds. The number of rotatable bonds is 7. The Hall–Kier alpha value is -1.60. The van der Waals surface area contributed by atoms with Crippen molar-refractivity contribution in [3.05, 3.63) is 23.8 Å². The predicted octanol–water partition coefficient (Wildman–Crippen LogP) is 3.22. The van der Waals surface area contributed by atoms with Gasteiger partial charge in [-0.3, -0.25) is 0 Å². The highest BCUT2D eigenvalue weighted by atomic mass is 32.2. The molecule has 0 bridgehead atoms. The van der Waals surface area contributed by atoms with Crippen LogP contribution in [-0.4, -0.2) is 45.0 Å². The normalized spacial score (nSPS) is 16.0. The SMILES string of the molecule is CCN(CC)S(=O)(=O)c1cc(C(=O)OC2CCCCC2)ccc1OC. The van der Waals surface area contributed by atoms with Crippen LogP contribution in [0.15, 0.2) is 23.1 Å². The van der Waals surface area contributed by atoms with E-state index in [0.29, 0.717) is 13.1 Å². The van der Waals surface area contributed by atoms with Gasteiger partial charge in [0.2, 0.25) is 10.0 Å². The molecule has 1 saturated carbocycles. The molecule has 1 aromatic carbocycles. The largest absolute Gasteiger partial charge is 0.495 e. The Morgan fingerprint density at radius 2 is 1.80 bits per heavy atom. The van der Waals surface area contributed by atoms with Crippen molar-refractivity contribution < 1.29 is 22.7 Å². The van der Waals surface area contributed by atoms with E-state index in [1.165, 1.54) is 30.0 Å². The number of nitrogens with zero attached hydrogens (tertiary/aromatic N) is 1. The summed E-state index contributed by atoms with van der Waals surface area (Å²) in [6.45, 7) is 4.24. The molecule has 1 aromatic rings. The summed E-state index contributed by atoms with van der Waals surface area (Å²) in [6.07, 6.45) is 4.94. The van der Waals surface area contributed by atoms with Gasteiger partial charge in [0.25, 0.3) is 0 Å². The van der Waals surface area contributed by atoms with E-state index in [9.17, 15) is 13.2 Å². The zero-order valence-corrected chi connectivity index (χ0v) is 16.0. The summed E-state index contributed by atoms with van der Waals surface area (Å²) >= 11 is 0. The van der Waals surface area contributed by atoms with E-state index in [2.05, 4.69) is 0 Å². The van der Waals surface area contributed by atoms with E-state index < -0.39 is 16.0 Å². The first-order valence-electron chi connectivity index (χ1n) is 8.83. The molecule has 0 spiro atoms. The van der Waals surface area contributed by atoms with Crippen molar-refractivity contribution in [1.29, 1.82) is 0 Å². The molecule has 140 valence electrons. The maximum absolute atomic E-state index is 12.8. The highest BCUT2D eigenvalue weighted by molar-refractivity contribution is 7.89. The van der Waals surface area contributed by atoms with Gasteiger partial charge in [-0.25, -0.2) is 13.2 Å². The maximum atomic E-state index is 12.8. The molecular weight excluding hydrogens is 342 g/mol. The van der Waals surface area contributed by atoms with Crippen LogP contribution in [0.2, 0.25) is 0 Å². The van der Waals surface area contributed by atoms with Crippen LogP contribution >= 0.6 is 0 Å². The van der Waals surface area contributed by atoms with Gasteiger partial charge >= 0.3 is 5.97 Å². The average Bonchev–Trinajstić information content (AvgIpc) is 2.62. The lowest BCUT2D eigenvalue weighted by molar-refractivity contribution is 0.0211. The van der Waals surface area contributed by atoms with Crippen molar-refractivity contribution >= 4 is 16.0 Å². The van der Waals surface area contributed by atoms with Crippen LogP contribution in [0.25, 0.3) is 0 Å². The quantitative estimate of drug-likeness (QED) is 0.690. The molecule has 6 nitrogen and oxygen atoms in total. The highest BCUT2D eigenvalue weighted by Crippen LogP contribution is 2.29. The topological polar surface area (TPSA) is 72.9 Å². The van der Waals surface area contributed by atoms with Crippen molar-refractivity contribution in [1.82, 2.24) is 4.31 Å². The molecule has 2 rings (SSSR count). The van der Waals surface area contributed by atoms with Gasteiger partial charge < -0.3 is 9.47 Å². The first kappa shape index (κ1) is 19.7. The third kappa shape index (κ3) is 4.52. The lowest BCUT2D eigenvalue weighted by Gasteiger charge is -2.23. The van der Waals surface area contributed by atoms with E-state index >= 15 is 0 Å². The molecule has 0 aliphatic heterocycles. The van der Waals surface area contributed by atoms with Crippen LogP contribution in [0, 0.1) is 0 Å². The lowest BCUT2D eigenvalue weighted by atomic mass is 9.98. The molecule has 0 atom stereocenters. The molecule has 0 N–H and O–H groups in total. The minimum atomic E-state index is -3.73. The summed E-state index contributed by atoms with van der Waals surface area (Å²) in [4.78, 5) is 12.4. The number of sulfonamides is 1. The Balaban J connectivity index is 2.31. The predicted molar refractivity (Wildman–Crippen MR) is 95.4 cm³/mol. The number of carbonyl (C=O) groups is 1. The molecule has 0 heterocycles. The minimum absolute atomic E-state index is 0.00297. The fourth-order valence-corrected chi connectivity index (χ4v) is 4.75. The third-order valence-corrected chi connectivity index (χ3v) is 6.62. The summed E-state index contributed by atoms with van der Waals surface area (Å²) in [6, 6.07) is 4.41. The first-order chi connectivity index (χ1) is 11.9. The van der Waals surface area contributed by atoms with Crippen molar-refractivity contribution in [2.24, 2.45) is 0 Å². The minimum Gasteiger partial charge on any atom is -0.495 e. The van der Waals surface area contributed by atoms with Gasteiger partial charge in [-0.1, -0.05) is 20.3 Å². The maximum Gasteiger partial charge on any atom is 0.338 e. The van der Waals surface area contributed by atoms with Gasteiger partial charge in [0.05, 0.1) is 12.7 Å². The number of hydrogen-bond acceptors (Lipinski definition) is 5. The highest BCUT2D eigenvalue weighted by Gasteiger charge is 2.27. The number of benzene rings is 1. The first-order valence-corrected chi connectivity index (χ1v) is 10.3. The second-order valence-corrected chi connectivity index (χ2v) is 8.03. The van der Waals surface area contributed by atoms with Crippen LogP contribution in [0.3, 0.4) is 0 Å². The molecule has 0 aromatic heterocycles. The number of esters is 1. The number of methoxy groups -OCH3 is 1. The van der Waals surface area contributed by atoms with E-state index in [4.69, 9.17) is 9.47 Å². The van der Waals surface area contributed by atoms with Gasteiger partial charge in [-0.05, 0) is 43.9 Å². The molecule has 0 unspecified atom stereocenters. The van der Waals surface area contributed by atoms with Crippen molar-refractivity contribution in [2.45, 2.75) is 57.0 Å². The van der Waals surface area contributed by atoms with Crippen LogP contribution in [0.1, 0.15) is 56.3 Å². The third-order valence-electron chi connectivity index (χ3n) is 4.55. The van der Waals surface area contributed by atoms with Gasteiger partial charge in [-0.15, -0.1) is 0 Å². The molecular formula is C18H27NO5S. The van der Waals surface area contributed by atoms with Gasteiger partial charge in [0.15, 0.2) is 0 Å². The molecule has 25 heavy (non-hydrogen) atoms. The zero-order chi connectivity index (χ0) is 18.4. The summed E-state index contributed by atoms with van der Waals surface area (Å²) in [5.74, 6) is -0.258. The Kier molecular flexibility index (Phi) is 6.84. The Labute approximate surface area is 150 Å². The van der Waals surface area contributed by atoms with Crippen LogP contribution in [0.4, 0.5) is 0 Å². The summed E-state index contributed by atoms with van der Waals surface area (Å²) in [5.41, 5.74) is 0.233. The van der Waals surface area contributed by atoms with E-state index in [0.717, 1.165) is 25.7 Å². The zero-order valence-electron chi connectivity index (χ0n) is 15.2. The second kappa shape index (κ2) is 8.67. The summed E-state index contributed by atoms with van der Waals surface area (Å²) in [5, 5.41) is 0. The smallest absolute Gasteiger partial charge is 0.338 e. The average molecular weight is 369 g/mol. The molecule has 7 heteroatoms. The van der Waals surface area contributed by atoms with Gasteiger partial charge in [0, 0.05) is 13.1 Å². The fourth-order valence-electron chi connectivity index (χ4n) is 3.11. The van der Waals surface area contributed by atoms with Crippen molar-refractivity contribution in [2.75, 3.05) is 20.2 Å². The standard InChI is InChI=1S/C18H27NO5S/c1-4-19(5-2)25(21,22)17-13-14(11-12-16(17)23-3)18(20)24-15-9-7-6-8-10-15/h11-13,15H,4-10H2,1-3H3. The Bertz CT molecular complexity index is 691. The monoisotopic (exact) mass is 369 g/mol. The molecule has 1 fully saturated rings. The fraction of sp³-hybridized carbons (Fsp3) is 0.611. The van der Waals surface area contributed by atoms with Crippen LogP contribution < -0.4 is 4.74 Å². The molecule has 0 saturated heterocycles. The molecule has 1 aliphatic carbocycles. The Morgan fingerprint density at radius 3 is 2.36 bits per heavy atom. The summed E-state index contributed by atoms with van der Waals surface area (Å²) in [7, 11) is -2.32. The van der Waals surface area contributed by atoms with Crippen molar-refractivity contribution in [3.63, 3.8) is 0 Å².